The number of halogens is 4. The van der Waals surface area contributed by atoms with E-state index >= 15 is 0 Å². The molecule has 4 aliphatic heterocycles. The van der Waals surface area contributed by atoms with E-state index in [9.17, 15) is 22.8 Å². The van der Waals surface area contributed by atoms with Crippen molar-refractivity contribution in [2.75, 3.05) is 70.9 Å². The number of hydrogen-bond acceptors (Lipinski definition) is 7. The van der Waals surface area contributed by atoms with Gasteiger partial charge in [0.15, 0.2) is 5.75 Å². The first-order valence-electron chi connectivity index (χ1n) is 15.3. The van der Waals surface area contributed by atoms with Crippen LogP contribution in [0.4, 0.5) is 19.0 Å². The minimum atomic E-state index is -4.66. The fourth-order valence-electron chi connectivity index (χ4n) is 7.10. The number of hydrogen-bond donors (Lipinski definition) is 0. The first-order valence-corrected chi connectivity index (χ1v) is 15.6. The summed E-state index contributed by atoms with van der Waals surface area (Å²) in [7, 11) is 2.10. The van der Waals surface area contributed by atoms with Gasteiger partial charge in [-0.3, -0.25) is 14.5 Å². The van der Waals surface area contributed by atoms with Crippen molar-refractivity contribution in [1.82, 2.24) is 24.6 Å². The second-order valence-corrected chi connectivity index (χ2v) is 13.3. The van der Waals surface area contributed by atoms with Gasteiger partial charge in [-0.2, -0.15) is 13.2 Å². The highest BCUT2D eigenvalue weighted by atomic mass is 35.5. The average Bonchev–Trinajstić information content (AvgIpc) is 3.25. The number of anilines is 1. The molecular formula is C32H38ClF3N6O3. The van der Waals surface area contributed by atoms with E-state index in [-0.39, 0.29) is 71.0 Å². The maximum absolute atomic E-state index is 14.5. The van der Waals surface area contributed by atoms with Crippen molar-refractivity contribution in [3.8, 4) is 17.0 Å². The summed E-state index contributed by atoms with van der Waals surface area (Å²) in [5.41, 5.74) is -1.49. The van der Waals surface area contributed by atoms with Crippen molar-refractivity contribution >= 4 is 29.2 Å². The minimum absolute atomic E-state index is 0.0104. The number of ether oxygens (including phenoxy) is 1. The molecule has 0 radical (unpaired) electrons. The van der Waals surface area contributed by atoms with Crippen LogP contribution in [0.25, 0.3) is 11.3 Å². The van der Waals surface area contributed by atoms with Gasteiger partial charge in [-0.05, 0) is 39.5 Å². The molecule has 5 heterocycles. The minimum Gasteiger partial charge on any atom is -0.489 e. The highest BCUT2D eigenvalue weighted by molar-refractivity contribution is 6.35. The quantitative estimate of drug-likeness (QED) is 0.460. The zero-order valence-electron chi connectivity index (χ0n) is 25.7. The second-order valence-electron chi connectivity index (χ2n) is 12.9. The Morgan fingerprint density at radius 2 is 1.80 bits per heavy atom. The molecule has 9 nitrogen and oxygen atoms in total. The summed E-state index contributed by atoms with van der Waals surface area (Å²) in [6.45, 7) is 12.8. The SMILES string of the molecule is C=CC(=O)N1CCN2C(=O)c3c(N4CC(N5CCN(C)CC5)CC4(C)C)nc(-c4ccccc4C(F)(F)F)c(Cl)c3OC[C@H]2C1. The predicted molar refractivity (Wildman–Crippen MR) is 166 cm³/mol. The van der Waals surface area contributed by atoms with Crippen molar-refractivity contribution in [3.05, 3.63) is 53.1 Å². The Bertz CT molecular complexity index is 1510. The first kappa shape index (κ1) is 31.6. The van der Waals surface area contributed by atoms with Crippen molar-refractivity contribution in [3.63, 3.8) is 0 Å². The number of fused-ring (bicyclic) bond motifs is 2. The number of carbonyl (C=O) groups excluding carboxylic acids is 2. The zero-order chi connectivity index (χ0) is 32.3. The summed E-state index contributed by atoms with van der Waals surface area (Å²) >= 11 is 6.90. The Balaban J connectivity index is 1.49. The number of pyridine rings is 1. The summed E-state index contributed by atoms with van der Waals surface area (Å²) < 4.78 is 49.0. The van der Waals surface area contributed by atoms with Gasteiger partial charge in [-0.1, -0.05) is 36.4 Å². The molecule has 0 saturated carbocycles. The summed E-state index contributed by atoms with van der Waals surface area (Å²) in [5.74, 6) is -0.326. The highest BCUT2D eigenvalue weighted by Crippen LogP contribution is 2.48. The third-order valence-electron chi connectivity index (χ3n) is 9.60. The lowest BCUT2D eigenvalue weighted by molar-refractivity contribution is -0.137. The van der Waals surface area contributed by atoms with E-state index in [0.29, 0.717) is 13.1 Å². The van der Waals surface area contributed by atoms with Crippen LogP contribution in [-0.4, -0.2) is 120 Å². The number of rotatable bonds is 4. The van der Waals surface area contributed by atoms with Gasteiger partial charge in [0.05, 0.1) is 17.3 Å². The molecule has 0 spiro atoms. The van der Waals surface area contributed by atoms with Gasteiger partial charge in [0.25, 0.3) is 5.91 Å². The molecule has 1 aromatic carbocycles. The van der Waals surface area contributed by atoms with Gasteiger partial charge in [0, 0.05) is 69.5 Å². The van der Waals surface area contributed by atoms with Crippen molar-refractivity contribution in [2.45, 2.75) is 44.1 Å². The summed E-state index contributed by atoms with van der Waals surface area (Å²) in [4.78, 5) is 41.8. The van der Waals surface area contributed by atoms with Gasteiger partial charge in [-0.15, -0.1) is 0 Å². The number of benzene rings is 1. The Hall–Kier alpha value is -3.35. The Morgan fingerprint density at radius 3 is 2.49 bits per heavy atom. The molecule has 2 amide bonds. The van der Waals surface area contributed by atoms with Gasteiger partial charge < -0.3 is 24.3 Å². The van der Waals surface area contributed by atoms with Gasteiger partial charge in [0.1, 0.15) is 23.0 Å². The van der Waals surface area contributed by atoms with Gasteiger partial charge >= 0.3 is 6.18 Å². The first-order chi connectivity index (χ1) is 21.3. The monoisotopic (exact) mass is 646 g/mol. The highest BCUT2D eigenvalue weighted by Gasteiger charge is 2.47. The van der Waals surface area contributed by atoms with Crippen LogP contribution in [0.15, 0.2) is 36.9 Å². The van der Waals surface area contributed by atoms with Gasteiger partial charge in [0.2, 0.25) is 5.91 Å². The third kappa shape index (κ3) is 5.76. The molecule has 2 aromatic rings. The van der Waals surface area contributed by atoms with Crippen LogP contribution in [0.2, 0.25) is 5.02 Å². The van der Waals surface area contributed by atoms with E-state index < -0.39 is 23.3 Å². The molecule has 1 unspecified atom stereocenters. The number of likely N-dealkylation sites (N-methyl/N-ethyl adjacent to an activating group) is 1. The average molecular weight is 647 g/mol. The second kappa shape index (κ2) is 11.8. The molecular weight excluding hydrogens is 609 g/mol. The van der Waals surface area contributed by atoms with E-state index in [1.807, 2.05) is 4.90 Å². The van der Waals surface area contributed by atoms with E-state index in [2.05, 4.69) is 37.3 Å². The molecule has 0 aliphatic carbocycles. The molecule has 3 saturated heterocycles. The lowest BCUT2D eigenvalue weighted by Gasteiger charge is -2.40. The third-order valence-corrected chi connectivity index (χ3v) is 9.95. The number of aromatic nitrogens is 1. The van der Waals surface area contributed by atoms with E-state index in [1.54, 1.807) is 9.80 Å². The van der Waals surface area contributed by atoms with Crippen LogP contribution in [0.1, 0.15) is 36.2 Å². The molecule has 6 rings (SSSR count). The molecule has 45 heavy (non-hydrogen) atoms. The predicted octanol–water partition coefficient (Wildman–Crippen LogP) is 4.26. The number of carbonyl (C=O) groups is 2. The Morgan fingerprint density at radius 1 is 1.09 bits per heavy atom. The van der Waals surface area contributed by atoms with Crippen LogP contribution < -0.4 is 9.64 Å². The largest absolute Gasteiger partial charge is 0.489 e. The molecule has 242 valence electrons. The fraction of sp³-hybridized carbons (Fsp3) is 0.531. The summed E-state index contributed by atoms with van der Waals surface area (Å²) in [6.07, 6.45) is -2.64. The normalized spacial score (nSPS) is 24.2. The number of piperazine rings is 2. The van der Waals surface area contributed by atoms with E-state index in [0.717, 1.165) is 38.7 Å². The molecule has 4 aliphatic rings. The number of nitrogens with zero attached hydrogens (tertiary/aromatic N) is 6. The van der Waals surface area contributed by atoms with Crippen molar-refractivity contribution in [2.24, 2.45) is 0 Å². The van der Waals surface area contributed by atoms with Crippen molar-refractivity contribution < 1.29 is 27.5 Å². The standard InChI is InChI=1S/C32H38ClF3N6O3/c1-5-24(43)40-14-15-41-21(17-40)19-45-28-25(30(41)44)29(37-27(26(28)33)22-8-6-7-9-23(22)32(34,35)36)42-18-20(16-31(42,2)3)39-12-10-38(4)11-13-39/h5-9,20-21H,1,10-19H2,2-4H3/t20?,21-/m1/s1. The molecule has 1 aromatic heterocycles. The summed E-state index contributed by atoms with van der Waals surface area (Å²) in [6, 6.07) is 4.85. The molecule has 0 bridgehead atoms. The maximum atomic E-state index is 14.5. The van der Waals surface area contributed by atoms with Gasteiger partial charge in [-0.25, -0.2) is 4.98 Å². The Kier molecular flexibility index (Phi) is 8.28. The summed E-state index contributed by atoms with van der Waals surface area (Å²) in [5, 5.41) is -0.148. The lowest BCUT2D eigenvalue weighted by atomic mass is 9.98. The fourth-order valence-corrected chi connectivity index (χ4v) is 7.39. The van der Waals surface area contributed by atoms with Crippen LogP contribution in [0, 0.1) is 0 Å². The molecule has 2 atom stereocenters. The smallest absolute Gasteiger partial charge is 0.417 e. The van der Waals surface area contributed by atoms with Crippen LogP contribution in [-0.2, 0) is 11.0 Å². The Labute approximate surface area is 266 Å². The van der Waals surface area contributed by atoms with E-state index in [1.165, 1.54) is 24.3 Å². The topological polar surface area (TPSA) is 72.5 Å². The molecule has 13 heteroatoms. The van der Waals surface area contributed by atoms with Crippen LogP contribution >= 0.6 is 11.6 Å². The maximum Gasteiger partial charge on any atom is 0.417 e. The molecule has 3 fully saturated rings. The number of amides is 2. The number of alkyl halides is 3. The lowest BCUT2D eigenvalue weighted by Crippen LogP contribution is -2.57. The van der Waals surface area contributed by atoms with E-state index in [4.69, 9.17) is 21.3 Å². The van der Waals surface area contributed by atoms with Crippen LogP contribution in [0.5, 0.6) is 5.75 Å². The molecule has 0 N–H and O–H groups in total. The van der Waals surface area contributed by atoms with Crippen molar-refractivity contribution in [1.29, 1.82) is 0 Å². The van der Waals surface area contributed by atoms with Crippen LogP contribution in [0.3, 0.4) is 0 Å². The zero-order valence-corrected chi connectivity index (χ0v) is 26.5.